The molecule has 1 aliphatic rings. The van der Waals surface area contributed by atoms with E-state index < -0.39 is 0 Å². The Hall–Kier alpha value is -2.34. The first kappa shape index (κ1) is 29.7. The van der Waals surface area contributed by atoms with Crippen molar-refractivity contribution < 1.29 is 1.43 Å². The highest BCUT2D eigenvalue weighted by molar-refractivity contribution is 5.29. The van der Waals surface area contributed by atoms with E-state index in [1.165, 1.54) is 70.2 Å². The molecule has 0 bridgehead atoms. The maximum absolute atomic E-state index is 2.37. The van der Waals surface area contributed by atoms with Crippen molar-refractivity contribution in [3.8, 4) is 0 Å². The fourth-order valence-electron chi connectivity index (χ4n) is 3.85. The lowest BCUT2D eigenvalue weighted by Crippen LogP contribution is -2.08. The van der Waals surface area contributed by atoms with Crippen LogP contribution in [0.25, 0.3) is 0 Å². The van der Waals surface area contributed by atoms with Crippen LogP contribution in [0.1, 0.15) is 85.5 Å². The van der Waals surface area contributed by atoms with Crippen molar-refractivity contribution in [3.63, 3.8) is 0 Å². The normalized spacial score (nSPS) is 16.6. The second-order valence-electron chi connectivity index (χ2n) is 10.7. The van der Waals surface area contributed by atoms with Crippen LogP contribution in [0.5, 0.6) is 0 Å². The maximum atomic E-state index is 2.37. The molecule has 0 unspecified atom stereocenters. The molecule has 0 atom stereocenters. The standard InChI is InChI=1S/2C9H12.C8H16.C8H10.H2/c2*1-7-4-5-8(2)9(3)6-7;2*1-7-3-5-8(2)6-4-7;/h2*4-6H,1-3H3;7-8H,3-6H2,1-2H3;3-6H,1-2H3;1H. The van der Waals surface area contributed by atoms with Gasteiger partial charge in [0, 0.05) is 1.43 Å². The zero-order valence-corrected chi connectivity index (χ0v) is 23.8. The van der Waals surface area contributed by atoms with E-state index in [-0.39, 0.29) is 1.43 Å². The number of hydrogen-bond donors (Lipinski definition) is 0. The zero-order chi connectivity index (χ0) is 25.7. The van der Waals surface area contributed by atoms with E-state index in [1.807, 2.05) is 0 Å². The molecule has 0 nitrogen and oxygen atoms in total. The van der Waals surface area contributed by atoms with Gasteiger partial charge in [-0.05, 0) is 89.5 Å². The number of aryl methyl sites for hydroxylation is 8. The third-order valence-corrected chi connectivity index (χ3v) is 6.85. The van der Waals surface area contributed by atoms with Crippen molar-refractivity contribution >= 4 is 0 Å². The highest BCUT2D eigenvalue weighted by Gasteiger charge is 2.13. The Kier molecular flexibility index (Phi) is 13.6. The lowest BCUT2D eigenvalue weighted by molar-refractivity contribution is 0.308. The summed E-state index contributed by atoms with van der Waals surface area (Å²) in [5.74, 6) is 2.04. The molecule has 4 rings (SSSR count). The number of rotatable bonds is 0. The molecule has 34 heavy (non-hydrogen) atoms. The van der Waals surface area contributed by atoms with Crippen molar-refractivity contribution in [2.75, 3.05) is 0 Å². The van der Waals surface area contributed by atoms with Crippen LogP contribution in [0.3, 0.4) is 0 Å². The first-order valence-corrected chi connectivity index (χ1v) is 13.1. The van der Waals surface area contributed by atoms with Crippen molar-refractivity contribution in [1.82, 2.24) is 0 Å². The van der Waals surface area contributed by atoms with E-state index in [9.17, 15) is 0 Å². The van der Waals surface area contributed by atoms with Crippen LogP contribution in [-0.2, 0) is 0 Å². The van der Waals surface area contributed by atoms with Gasteiger partial charge in [-0.3, -0.25) is 0 Å². The van der Waals surface area contributed by atoms with Crippen LogP contribution in [0.4, 0.5) is 0 Å². The van der Waals surface area contributed by atoms with Crippen LogP contribution in [0.2, 0.25) is 0 Å². The molecule has 1 aliphatic carbocycles. The van der Waals surface area contributed by atoms with Gasteiger partial charge in [-0.2, -0.15) is 0 Å². The van der Waals surface area contributed by atoms with Crippen molar-refractivity contribution in [3.05, 3.63) is 105 Å². The molecule has 0 heterocycles. The average Bonchev–Trinajstić information content (AvgIpc) is 2.79. The second-order valence-corrected chi connectivity index (χ2v) is 10.7. The fourth-order valence-corrected chi connectivity index (χ4v) is 3.85. The Morgan fingerprint density at radius 3 is 0.912 bits per heavy atom. The summed E-state index contributed by atoms with van der Waals surface area (Å²) in [6, 6.07) is 21.5. The summed E-state index contributed by atoms with van der Waals surface area (Å²) in [7, 11) is 0. The first-order valence-electron chi connectivity index (χ1n) is 13.1. The van der Waals surface area contributed by atoms with Gasteiger partial charge in [0.05, 0.1) is 0 Å². The molecule has 0 heteroatoms. The van der Waals surface area contributed by atoms with Crippen LogP contribution in [0, 0.1) is 67.2 Å². The maximum Gasteiger partial charge on any atom is 0 e. The molecule has 1 saturated carbocycles. The monoisotopic (exact) mass is 460 g/mol. The summed E-state index contributed by atoms with van der Waals surface area (Å²) in [5, 5.41) is 0. The minimum Gasteiger partial charge on any atom is -0.0625 e. The zero-order valence-electron chi connectivity index (χ0n) is 23.8. The summed E-state index contributed by atoms with van der Waals surface area (Å²) in [6.07, 6.45) is 5.89. The summed E-state index contributed by atoms with van der Waals surface area (Å²) in [5.41, 5.74) is 10.9. The first-order chi connectivity index (χ1) is 16.0. The van der Waals surface area contributed by atoms with E-state index in [2.05, 4.69) is 130 Å². The van der Waals surface area contributed by atoms with Crippen LogP contribution >= 0.6 is 0 Å². The van der Waals surface area contributed by atoms with Crippen LogP contribution in [-0.4, -0.2) is 0 Å². The van der Waals surface area contributed by atoms with Gasteiger partial charge in [0.15, 0.2) is 0 Å². The van der Waals surface area contributed by atoms with Crippen LogP contribution < -0.4 is 0 Å². The van der Waals surface area contributed by atoms with Crippen LogP contribution in [0.15, 0.2) is 60.7 Å². The fraction of sp³-hybridized carbons (Fsp3) is 0.471. The van der Waals surface area contributed by atoms with Crippen molar-refractivity contribution in [2.45, 2.75) is 94.9 Å². The minimum absolute atomic E-state index is 0. The average molecular weight is 461 g/mol. The SMILES string of the molecule is CC1CCC(C)CC1.Cc1ccc(C)c(C)c1.Cc1ccc(C)c(C)c1.Cc1ccc(C)cc1.[HH]. The lowest BCUT2D eigenvalue weighted by Gasteiger charge is -2.22. The molecule has 3 aromatic carbocycles. The lowest BCUT2D eigenvalue weighted by atomic mass is 9.84. The van der Waals surface area contributed by atoms with E-state index in [4.69, 9.17) is 0 Å². The quantitative estimate of drug-likeness (QED) is 0.313. The topological polar surface area (TPSA) is 0 Å². The van der Waals surface area contributed by atoms with Crippen molar-refractivity contribution in [1.29, 1.82) is 0 Å². The van der Waals surface area contributed by atoms with Gasteiger partial charge in [0.25, 0.3) is 0 Å². The van der Waals surface area contributed by atoms with E-state index in [0.29, 0.717) is 0 Å². The van der Waals surface area contributed by atoms with Crippen molar-refractivity contribution in [2.24, 2.45) is 11.8 Å². The predicted octanol–water partition coefficient (Wildman–Crippen LogP) is 10.6. The smallest absolute Gasteiger partial charge is 0 e. The van der Waals surface area contributed by atoms with E-state index >= 15 is 0 Å². The Morgan fingerprint density at radius 2 is 0.676 bits per heavy atom. The van der Waals surface area contributed by atoms with Gasteiger partial charge in [-0.1, -0.05) is 122 Å². The Labute approximate surface area is 213 Å². The van der Waals surface area contributed by atoms with E-state index in [1.54, 1.807) is 0 Å². The molecule has 188 valence electrons. The van der Waals surface area contributed by atoms with E-state index in [0.717, 1.165) is 11.8 Å². The minimum atomic E-state index is 0. The molecule has 0 N–H and O–H groups in total. The molecule has 1 fully saturated rings. The summed E-state index contributed by atoms with van der Waals surface area (Å²) < 4.78 is 0. The summed E-state index contributed by atoms with van der Waals surface area (Å²) in [4.78, 5) is 0. The van der Waals surface area contributed by atoms with Gasteiger partial charge in [0.1, 0.15) is 0 Å². The molecule has 0 aliphatic heterocycles. The van der Waals surface area contributed by atoms with Gasteiger partial charge in [-0.15, -0.1) is 0 Å². The second kappa shape index (κ2) is 15.5. The third-order valence-electron chi connectivity index (χ3n) is 6.85. The Balaban J connectivity index is 0.000000437. The third kappa shape index (κ3) is 12.8. The molecular formula is C34H52. The van der Waals surface area contributed by atoms with Gasteiger partial charge in [-0.25, -0.2) is 0 Å². The molecular weight excluding hydrogens is 408 g/mol. The number of hydrogen-bond acceptors (Lipinski definition) is 0. The highest BCUT2D eigenvalue weighted by Crippen LogP contribution is 2.27. The van der Waals surface area contributed by atoms with Gasteiger partial charge < -0.3 is 0 Å². The molecule has 0 radical (unpaired) electrons. The summed E-state index contributed by atoms with van der Waals surface area (Å²) >= 11 is 0. The molecule has 0 aromatic heterocycles. The highest BCUT2D eigenvalue weighted by atomic mass is 14.2. The predicted molar refractivity (Wildman–Crippen MR) is 156 cm³/mol. The van der Waals surface area contributed by atoms with Gasteiger partial charge >= 0.3 is 0 Å². The Morgan fingerprint density at radius 1 is 0.412 bits per heavy atom. The summed E-state index contributed by atoms with van der Waals surface area (Å²) in [6.45, 7) is 21.7. The molecule has 3 aromatic rings. The molecule has 0 spiro atoms. The molecule has 0 amide bonds. The Bertz CT molecular complexity index is 880. The number of benzene rings is 3. The molecule has 0 saturated heterocycles. The largest absolute Gasteiger partial charge is 0.0625 e. The van der Waals surface area contributed by atoms with Gasteiger partial charge in [0.2, 0.25) is 0 Å².